The lowest BCUT2D eigenvalue weighted by atomic mass is 9.94. The van der Waals surface area contributed by atoms with Gasteiger partial charge in [0.25, 0.3) is 0 Å². The van der Waals surface area contributed by atoms with E-state index < -0.39 is 29.7 Å². The Morgan fingerprint density at radius 1 is 1.06 bits per heavy atom. The molecule has 0 spiro atoms. The number of hydrogen-bond donors (Lipinski definition) is 3. The number of ether oxygens (including phenoxy) is 1. The summed E-state index contributed by atoms with van der Waals surface area (Å²) in [5.41, 5.74) is -0.378. The maximum Gasteiger partial charge on any atom is 0.408 e. The molecule has 0 radical (unpaired) electrons. The predicted octanol–water partition coefficient (Wildman–Crippen LogP) is 4.92. The number of alkyl carbamates (subject to hydrolysis) is 1. The van der Waals surface area contributed by atoms with Gasteiger partial charge in [0.1, 0.15) is 23.4 Å². The SMILES string of the molecule is CCCCNC(=O)C(c1ccccc1O)N(C(=O)C(NC(=O)OC(C)(C)C)C(C)CC)C(C)CC. The Bertz CT molecular complexity index is 836. The van der Waals surface area contributed by atoms with Gasteiger partial charge in [-0.25, -0.2) is 4.79 Å². The maximum atomic E-state index is 14.1. The molecule has 8 heteroatoms. The minimum Gasteiger partial charge on any atom is -0.508 e. The van der Waals surface area contributed by atoms with Crippen LogP contribution in [0.1, 0.15) is 92.7 Å². The van der Waals surface area contributed by atoms with Crippen molar-refractivity contribution in [1.82, 2.24) is 15.5 Å². The summed E-state index contributed by atoms with van der Waals surface area (Å²) < 4.78 is 5.42. The molecule has 0 fully saturated rings. The summed E-state index contributed by atoms with van der Waals surface area (Å²) in [7, 11) is 0. The summed E-state index contributed by atoms with van der Waals surface area (Å²) >= 11 is 0. The second kappa shape index (κ2) is 14.0. The average molecular weight is 492 g/mol. The molecule has 3 N–H and O–H groups in total. The summed E-state index contributed by atoms with van der Waals surface area (Å²) in [5, 5.41) is 16.3. The van der Waals surface area contributed by atoms with Crippen LogP contribution in [0.5, 0.6) is 5.75 Å². The van der Waals surface area contributed by atoms with Crippen molar-refractivity contribution >= 4 is 17.9 Å². The van der Waals surface area contributed by atoms with E-state index in [2.05, 4.69) is 10.6 Å². The third kappa shape index (κ3) is 9.07. The number of rotatable bonds is 12. The number of nitrogens with zero attached hydrogens (tertiary/aromatic N) is 1. The molecule has 0 aromatic heterocycles. The molecule has 1 aromatic carbocycles. The molecular formula is C27H45N3O5. The number of amides is 3. The highest BCUT2D eigenvalue weighted by Crippen LogP contribution is 2.32. The van der Waals surface area contributed by atoms with Gasteiger partial charge in [0.15, 0.2) is 0 Å². The van der Waals surface area contributed by atoms with Crippen LogP contribution in [-0.4, -0.2) is 52.1 Å². The number of phenolic OH excluding ortho intramolecular Hbond substituents is 1. The third-order valence-electron chi connectivity index (χ3n) is 6.06. The Morgan fingerprint density at radius 2 is 1.69 bits per heavy atom. The van der Waals surface area contributed by atoms with E-state index in [1.54, 1.807) is 39.0 Å². The predicted molar refractivity (Wildman–Crippen MR) is 138 cm³/mol. The first-order valence-electron chi connectivity index (χ1n) is 12.7. The number of phenols is 1. The Balaban J connectivity index is 3.52. The zero-order valence-corrected chi connectivity index (χ0v) is 22.7. The first-order chi connectivity index (χ1) is 16.4. The minimum absolute atomic E-state index is 0.0653. The lowest BCUT2D eigenvalue weighted by molar-refractivity contribution is -0.146. The summed E-state index contributed by atoms with van der Waals surface area (Å²) in [4.78, 5) is 41.7. The van der Waals surface area contributed by atoms with Gasteiger partial charge in [-0.2, -0.15) is 0 Å². The van der Waals surface area contributed by atoms with E-state index in [0.29, 0.717) is 24.9 Å². The molecule has 0 bridgehead atoms. The van der Waals surface area contributed by atoms with Gasteiger partial charge >= 0.3 is 6.09 Å². The molecular weight excluding hydrogens is 446 g/mol. The molecule has 0 heterocycles. The van der Waals surface area contributed by atoms with Crippen LogP contribution in [0.2, 0.25) is 0 Å². The Morgan fingerprint density at radius 3 is 2.20 bits per heavy atom. The van der Waals surface area contributed by atoms with Crippen LogP contribution in [0, 0.1) is 5.92 Å². The number of para-hydroxylation sites is 1. The minimum atomic E-state index is -1.05. The van der Waals surface area contributed by atoms with Crippen LogP contribution >= 0.6 is 0 Å². The van der Waals surface area contributed by atoms with Crippen molar-refractivity contribution < 1.29 is 24.2 Å². The van der Waals surface area contributed by atoms with Crippen molar-refractivity contribution in [2.24, 2.45) is 5.92 Å². The van der Waals surface area contributed by atoms with Crippen LogP contribution < -0.4 is 10.6 Å². The molecule has 0 saturated carbocycles. The lowest BCUT2D eigenvalue weighted by Crippen LogP contribution is -2.57. The van der Waals surface area contributed by atoms with E-state index in [1.165, 1.54) is 11.0 Å². The molecule has 0 aliphatic heterocycles. The zero-order valence-electron chi connectivity index (χ0n) is 22.7. The van der Waals surface area contributed by atoms with Gasteiger partial charge in [-0.15, -0.1) is 0 Å². The Hall–Kier alpha value is -2.77. The van der Waals surface area contributed by atoms with Crippen molar-refractivity contribution in [2.75, 3.05) is 6.54 Å². The summed E-state index contributed by atoms with van der Waals surface area (Å²) in [5.74, 6) is -1.04. The molecule has 35 heavy (non-hydrogen) atoms. The smallest absolute Gasteiger partial charge is 0.408 e. The molecule has 3 amide bonds. The van der Waals surface area contributed by atoms with Crippen LogP contribution in [0.25, 0.3) is 0 Å². The van der Waals surface area contributed by atoms with E-state index in [0.717, 1.165) is 12.8 Å². The number of nitrogens with one attached hydrogen (secondary N) is 2. The van der Waals surface area contributed by atoms with Crippen molar-refractivity contribution in [3.8, 4) is 5.75 Å². The fraction of sp³-hybridized carbons (Fsp3) is 0.667. The van der Waals surface area contributed by atoms with Gasteiger partial charge in [0.05, 0.1) is 0 Å². The number of hydrogen-bond acceptors (Lipinski definition) is 5. The number of unbranched alkanes of at least 4 members (excludes halogenated alkanes) is 1. The molecule has 1 aromatic rings. The first kappa shape index (κ1) is 30.3. The number of benzene rings is 1. The average Bonchev–Trinajstić information content (AvgIpc) is 2.79. The maximum absolute atomic E-state index is 14.1. The van der Waals surface area contributed by atoms with E-state index in [-0.39, 0.29) is 23.6 Å². The highest BCUT2D eigenvalue weighted by atomic mass is 16.6. The van der Waals surface area contributed by atoms with Gasteiger partial charge in [-0.05, 0) is 52.5 Å². The van der Waals surface area contributed by atoms with Crippen molar-refractivity contribution in [3.05, 3.63) is 29.8 Å². The third-order valence-corrected chi connectivity index (χ3v) is 6.06. The standard InChI is InChI=1S/C27H45N3O5/c1-9-12-17-28-24(32)23(20-15-13-14-16-21(20)31)30(19(5)11-3)25(33)22(18(4)10-2)29-26(34)35-27(6,7)8/h13-16,18-19,22-23,31H,9-12,17H2,1-8H3,(H,28,32)(H,29,34). The monoisotopic (exact) mass is 491 g/mol. The Labute approximate surface area is 210 Å². The fourth-order valence-electron chi connectivity index (χ4n) is 3.70. The van der Waals surface area contributed by atoms with Gasteiger partial charge < -0.3 is 25.4 Å². The van der Waals surface area contributed by atoms with E-state index in [9.17, 15) is 19.5 Å². The van der Waals surface area contributed by atoms with E-state index >= 15 is 0 Å². The second-order valence-electron chi connectivity index (χ2n) is 10.1. The summed E-state index contributed by atoms with van der Waals surface area (Å²) in [6, 6.07) is 4.27. The second-order valence-corrected chi connectivity index (χ2v) is 10.1. The highest BCUT2D eigenvalue weighted by Gasteiger charge is 2.40. The van der Waals surface area contributed by atoms with Gasteiger partial charge in [-0.3, -0.25) is 9.59 Å². The summed E-state index contributed by atoms with van der Waals surface area (Å²) in [6.45, 7) is 15.4. The van der Waals surface area contributed by atoms with Crippen LogP contribution in [-0.2, 0) is 14.3 Å². The largest absolute Gasteiger partial charge is 0.508 e. The zero-order chi connectivity index (χ0) is 26.8. The lowest BCUT2D eigenvalue weighted by Gasteiger charge is -2.39. The first-order valence-corrected chi connectivity index (χ1v) is 12.7. The van der Waals surface area contributed by atoms with E-state index in [4.69, 9.17) is 4.74 Å². The van der Waals surface area contributed by atoms with E-state index in [1.807, 2.05) is 34.6 Å². The van der Waals surface area contributed by atoms with Crippen LogP contribution in [0.3, 0.4) is 0 Å². The van der Waals surface area contributed by atoms with Crippen molar-refractivity contribution in [3.63, 3.8) is 0 Å². The van der Waals surface area contributed by atoms with Crippen LogP contribution in [0.15, 0.2) is 24.3 Å². The number of carbonyl (C=O) groups excluding carboxylic acids is 3. The summed E-state index contributed by atoms with van der Waals surface area (Å²) in [6.07, 6.45) is 2.23. The highest BCUT2D eigenvalue weighted by molar-refractivity contribution is 5.93. The molecule has 0 aliphatic carbocycles. The molecule has 8 nitrogen and oxygen atoms in total. The quantitative estimate of drug-likeness (QED) is 0.360. The molecule has 0 saturated heterocycles. The molecule has 4 atom stereocenters. The molecule has 0 aliphatic rings. The Kier molecular flexibility index (Phi) is 12.1. The van der Waals surface area contributed by atoms with Gasteiger partial charge in [0, 0.05) is 18.2 Å². The van der Waals surface area contributed by atoms with Crippen LogP contribution in [0.4, 0.5) is 4.79 Å². The number of aromatic hydroxyl groups is 1. The molecule has 198 valence electrons. The molecule has 4 unspecified atom stereocenters. The number of carbonyl (C=O) groups is 3. The fourth-order valence-corrected chi connectivity index (χ4v) is 3.70. The van der Waals surface area contributed by atoms with Crippen molar-refractivity contribution in [1.29, 1.82) is 0 Å². The topological polar surface area (TPSA) is 108 Å². The molecule has 1 rings (SSSR count). The van der Waals surface area contributed by atoms with Gasteiger partial charge in [0.2, 0.25) is 11.8 Å². The van der Waals surface area contributed by atoms with Gasteiger partial charge in [-0.1, -0.05) is 58.7 Å². The normalized spacial score (nSPS) is 14.9. The van der Waals surface area contributed by atoms with Crippen molar-refractivity contribution in [2.45, 2.75) is 105 Å².